The fourth-order valence-corrected chi connectivity index (χ4v) is 4.08. The molecule has 0 radical (unpaired) electrons. The van der Waals surface area contributed by atoms with Gasteiger partial charge in [-0.2, -0.15) is 0 Å². The predicted octanol–water partition coefficient (Wildman–Crippen LogP) is 4.23. The summed E-state index contributed by atoms with van der Waals surface area (Å²) in [5.74, 6) is 0.129. The van der Waals surface area contributed by atoms with E-state index < -0.39 is 21.7 Å². The molecule has 0 saturated carbocycles. The highest BCUT2D eigenvalue weighted by atomic mass is 32.2. The maximum Gasteiger partial charge on any atom is 0.413 e. The lowest BCUT2D eigenvalue weighted by atomic mass is 10.2. The topological polar surface area (TPSA) is 77.4 Å². The summed E-state index contributed by atoms with van der Waals surface area (Å²) in [5.41, 5.74) is -0.221. The number of carbonyl (C=O) groups excluding carboxylic acids is 1. The molecule has 1 aromatic heterocycles. The Balaban J connectivity index is 2.13. The van der Waals surface area contributed by atoms with Gasteiger partial charge in [-0.3, -0.25) is 5.32 Å². The molecule has 1 heterocycles. The molecule has 0 saturated heterocycles. The molecule has 136 valence electrons. The van der Waals surface area contributed by atoms with Crippen molar-refractivity contribution in [1.29, 1.82) is 0 Å². The van der Waals surface area contributed by atoms with Crippen molar-refractivity contribution in [2.75, 3.05) is 5.32 Å². The second-order valence-corrected chi connectivity index (χ2v) is 8.58. The van der Waals surface area contributed by atoms with Gasteiger partial charge in [0, 0.05) is 5.39 Å². The molecule has 0 unspecified atom stereocenters. The van der Waals surface area contributed by atoms with E-state index in [4.69, 9.17) is 4.74 Å². The molecule has 3 aromatic rings. The molecule has 0 aliphatic carbocycles. The van der Waals surface area contributed by atoms with Crippen LogP contribution in [0.5, 0.6) is 0 Å². The van der Waals surface area contributed by atoms with Crippen LogP contribution in [0.25, 0.3) is 10.9 Å². The molecule has 0 aliphatic heterocycles. The van der Waals surface area contributed by atoms with E-state index in [0.29, 0.717) is 10.9 Å². The van der Waals surface area contributed by atoms with Gasteiger partial charge in [-0.05, 0) is 45.0 Å². The van der Waals surface area contributed by atoms with Crippen molar-refractivity contribution in [1.82, 2.24) is 3.97 Å². The van der Waals surface area contributed by atoms with Gasteiger partial charge in [0.05, 0.1) is 10.4 Å². The average Bonchev–Trinajstić information content (AvgIpc) is 2.92. The van der Waals surface area contributed by atoms with Crippen LogP contribution in [0, 0.1) is 0 Å². The maximum atomic E-state index is 13.2. The van der Waals surface area contributed by atoms with Crippen molar-refractivity contribution in [3.05, 3.63) is 60.7 Å². The summed E-state index contributed by atoms with van der Waals surface area (Å²) < 4.78 is 32.7. The second kappa shape index (κ2) is 6.49. The van der Waals surface area contributed by atoms with Crippen molar-refractivity contribution >= 4 is 32.8 Å². The molecule has 6 nitrogen and oxygen atoms in total. The third-order valence-electron chi connectivity index (χ3n) is 3.58. The average molecular weight is 372 g/mol. The van der Waals surface area contributed by atoms with Crippen LogP contribution < -0.4 is 5.32 Å². The summed E-state index contributed by atoms with van der Waals surface area (Å²) in [6.07, 6.45) is -0.718. The number of para-hydroxylation sites is 1. The molecular weight excluding hydrogens is 352 g/mol. The number of rotatable bonds is 3. The highest BCUT2D eigenvalue weighted by molar-refractivity contribution is 7.90. The quantitative estimate of drug-likeness (QED) is 0.746. The lowest BCUT2D eigenvalue weighted by Gasteiger charge is -2.20. The number of anilines is 1. The number of nitrogens with zero attached hydrogens (tertiary/aromatic N) is 1. The maximum absolute atomic E-state index is 13.2. The standard InChI is InChI=1S/C19H20N2O4S/c1-19(2,3)25-18(22)20-17-13-14-9-7-8-12-16(14)21(17)26(23,24)15-10-5-4-6-11-15/h4-13H,1-3H3,(H,20,22). The number of benzene rings is 2. The summed E-state index contributed by atoms with van der Waals surface area (Å²) in [6, 6.07) is 16.7. The van der Waals surface area contributed by atoms with Gasteiger partial charge >= 0.3 is 6.09 Å². The minimum absolute atomic E-state index is 0.129. The minimum atomic E-state index is -3.90. The van der Waals surface area contributed by atoms with Crippen molar-refractivity contribution in [3.63, 3.8) is 0 Å². The Morgan fingerprint density at radius 1 is 1.00 bits per heavy atom. The highest BCUT2D eigenvalue weighted by Crippen LogP contribution is 2.29. The number of carbonyl (C=O) groups is 1. The van der Waals surface area contributed by atoms with Gasteiger partial charge in [-0.15, -0.1) is 0 Å². The van der Waals surface area contributed by atoms with E-state index in [0.717, 1.165) is 3.97 Å². The first-order chi connectivity index (χ1) is 12.2. The van der Waals surface area contributed by atoms with E-state index >= 15 is 0 Å². The van der Waals surface area contributed by atoms with Gasteiger partial charge in [0.1, 0.15) is 11.4 Å². The number of ether oxygens (including phenoxy) is 1. The van der Waals surface area contributed by atoms with Crippen LogP contribution in [0.3, 0.4) is 0 Å². The summed E-state index contributed by atoms with van der Waals surface area (Å²) >= 11 is 0. The van der Waals surface area contributed by atoms with E-state index in [1.54, 1.807) is 69.3 Å². The van der Waals surface area contributed by atoms with E-state index in [-0.39, 0.29) is 10.7 Å². The predicted molar refractivity (Wildman–Crippen MR) is 101 cm³/mol. The molecular formula is C19H20N2O4S. The Morgan fingerprint density at radius 3 is 2.27 bits per heavy atom. The lowest BCUT2D eigenvalue weighted by molar-refractivity contribution is 0.0635. The first-order valence-electron chi connectivity index (χ1n) is 8.10. The first kappa shape index (κ1) is 18.0. The van der Waals surface area contributed by atoms with Crippen LogP contribution in [-0.2, 0) is 14.8 Å². The van der Waals surface area contributed by atoms with Crippen LogP contribution in [-0.4, -0.2) is 24.1 Å². The molecule has 0 bridgehead atoms. The Morgan fingerprint density at radius 2 is 1.62 bits per heavy atom. The molecule has 7 heteroatoms. The second-order valence-electron chi connectivity index (χ2n) is 6.80. The monoisotopic (exact) mass is 372 g/mol. The summed E-state index contributed by atoms with van der Waals surface area (Å²) in [4.78, 5) is 12.3. The summed E-state index contributed by atoms with van der Waals surface area (Å²) in [6.45, 7) is 5.22. The molecule has 3 rings (SSSR count). The fraction of sp³-hybridized carbons (Fsp3) is 0.211. The lowest BCUT2D eigenvalue weighted by Crippen LogP contribution is -2.28. The normalized spacial score (nSPS) is 12.1. The zero-order valence-corrected chi connectivity index (χ0v) is 15.6. The zero-order valence-electron chi connectivity index (χ0n) is 14.8. The molecule has 1 N–H and O–H groups in total. The third kappa shape index (κ3) is 3.57. The largest absolute Gasteiger partial charge is 0.444 e. The van der Waals surface area contributed by atoms with Crippen molar-refractivity contribution < 1.29 is 17.9 Å². The van der Waals surface area contributed by atoms with Crippen molar-refractivity contribution in [3.8, 4) is 0 Å². The molecule has 2 aromatic carbocycles. The van der Waals surface area contributed by atoms with Crippen LogP contribution in [0.4, 0.5) is 10.6 Å². The van der Waals surface area contributed by atoms with Gasteiger partial charge < -0.3 is 4.74 Å². The zero-order chi connectivity index (χ0) is 18.9. The van der Waals surface area contributed by atoms with Crippen LogP contribution >= 0.6 is 0 Å². The Hall–Kier alpha value is -2.80. The number of hydrogen-bond donors (Lipinski definition) is 1. The number of amides is 1. The van der Waals surface area contributed by atoms with E-state index in [1.807, 2.05) is 0 Å². The smallest absolute Gasteiger partial charge is 0.413 e. The molecule has 0 atom stereocenters. The number of aromatic nitrogens is 1. The van der Waals surface area contributed by atoms with Gasteiger partial charge in [-0.25, -0.2) is 17.2 Å². The molecule has 0 spiro atoms. The fourth-order valence-electron chi connectivity index (χ4n) is 2.58. The third-order valence-corrected chi connectivity index (χ3v) is 5.32. The van der Waals surface area contributed by atoms with Gasteiger partial charge in [0.15, 0.2) is 0 Å². The first-order valence-corrected chi connectivity index (χ1v) is 9.54. The van der Waals surface area contributed by atoms with Crippen molar-refractivity contribution in [2.45, 2.75) is 31.3 Å². The van der Waals surface area contributed by atoms with Crippen LogP contribution in [0.1, 0.15) is 20.8 Å². The van der Waals surface area contributed by atoms with E-state index in [9.17, 15) is 13.2 Å². The SMILES string of the molecule is CC(C)(C)OC(=O)Nc1cc2ccccc2n1S(=O)(=O)c1ccccc1. The van der Waals surface area contributed by atoms with Gasteiger partial charge in [0.25, 0.3) is 10.0 Å². The van der Waals surface area contributed by atoms with Gasteiger partial charge in [-0.1, -0.05) is 36.4 Å². The molecule has 0 aliphatic rings. The number of fused-ring (bicyclic) bond motifs is 1. The number of nitrogens with one attached hydrogen (secondary N) is 1. The molecule has 0 fully saturated rings. The van der Waals surface area contributed by atoms with Gasteiger partial charge in [0.2, 0.25) is 0 Å². The van der Waals surface area contributed by atoms with Crippen LogP contribution in [0.2, 0.25) is 0 Å². The summed E-state index contributed by atoms with van der Waals surface area (Å²) in [5, 5.41) is 3.25. The van der Waals surface area contributed by atoms with Crippen molar-refractivity contribution in [2.24, 2.45) is 0 Å². The Kier molecular flexibility index (Phi) is 4.50. The molecule has 1 amide bonds. The Labute approximate surface area is 152 Å². The number of hydrogen-bond acceptors (Lipinski definition) is 4. The Bertz CT molecular complexity index is 1050. The highest BCUT2D eigenvalue weighted by Gasteiger charge is 2.25. The van der Waals surface area contributed by atoms with E-state index in [1.165, 1.54) is 12.1 Å². The molecule has 26 heavy (non-hydrogen) atoms. The van der Waals surface area contributed by atoms with E-state index in [2.05, 4.69) is 5.32 Å². The van der Waals surface area contributed by atoms with Crippen LogP contribution in [0.15, 0.2) is 65.6 Å². The summed E-state index contributed by atoms with van der Waals surface area (Å²) in [7, 11) is -3.90. The minimum Gasteiger partial charge on any atom is -0.444 e.